The van der Waals surface area contributed by atoms with Gasteiger partial charge in [0.2, 0.25) is 0 Å². The van der Waals surface area contributed by atoms with Gasteiger partial charge in [-0.2, -0.15) is 0 Å². The monoisotopic (exact) mass is 242 g/mol. The fraction of sp³-hybridized carbons (Fsp3) is 1.00. The minimum Gasteiger partial charge on any atom is -0.381 e. The molecule has 0 radical (unpaired) electrons. The highest BCUT2D eigenvalue weighted by molar-refractivity contribution is 4.73. The summed E-state index contributed by atoms with van der Waals surface area (Å²) in [6.45, 7) is 9.81. The molecule has 2 unspecified atom stereocenters. The molecule has 1 saturated heterocycles. The first-order valence-electron chi connectivity index (χ1n) is 7.25. The van der Waals surface area contributed by atoms with E-state index in [1.165, 1.54) is 32.2 Å². The van der Waals surface area contributed by atoms with Crippen molar-refractivity contribution in [1.29, 1.82) is 0 Å². The van der Waals surface area contributed by atoms with Crippen molar-refractivity contribution >= 4 is 0 Å². The summed E-state index contributed by atoms with van der Waals surface area (Å²) >= 11 is 0. The van der Waals surface area contributed by atoms with Crippen molar-refractivity contribution in [3.63, 3.8) is 0 Å². The molecule has 3 nitrogen and oxygen atoms in total. The van der Waals surface area contributed by atoms with Gasteiger partial charge < -0.3 is 15.0 Å². The van der Waals surface area contributed by atoms with Crippen molar-refractivity contribution in [3.05, 3.63) is 0 Å². The first-order chi connectivity index (χ1) is 8.26. The van der Waals surface area contributed by atoms with Crippen LogP contribution in [0, 0.1) is 5.92 Å². The summed E-state index contributed by atoms with van der Waals surface area (Å²) in [6, 6.07) is 0.652. The second-order valence-electron chi connectivity index (χ2n) is 5.35. The molecule has 102 valence electrons. The zero-order valence-corrected chi connectivity index (χ0v) is 11.9. The number of hydrogen-bond acceptors (Lipinski definition) is 3. The highest BCUT2D eigenvalue weighted by Crippen LogP contribution is 2.14. The first kappa shape index (κ1) is 14.9. The Bertz CT molecular complexity index is 175. The average molecular weight is 242 g/mol. The lowest BCUT2D eigenvalue weighted by atomic mass is 10.0. The second-order valence-corrected chi connectivity index (χ2v) is 5.35. The highest BCUT2D eigenvalue weighted by Gasteiger charge is 2.17. The van der Waals surface area contributed by atoms with Crippen LogP contribution < -0.4 is 5.32 Å². The van der Waals surface area contributed by atoms with E-state index in [0.717, 1.165) is 32.2 Å². The molecule has 0 amide bonds. The van der Waals surface area contributed by atoms with Crippen LogP contribution >= 0.6 is 0 Å². The molecule has 0 aromatic rings. The van der Waals surface area contributed by atoms with Crippen LogP contribution in [0.4, 0.5) is 0 Å². The van der Waals surface area contributed by atoms with Gasteiger partial charge in [-0.15, -0.1) is 0 Å². The average Bonchev–Trinajstić information content (AvgIpc) is 2.30. The third-order valence-electron chi connectivity index (χ3n) is 3.49. The lowest BCUT2D eigenvalue weighted by Gasteiger charge is -2.29. The lowest BCUT2D eigenvalue weighted by molar-refractivity contribution is 0.0408. The number of likely N-dealkylation sites (N-methyl/N-ethyl adjacent to an activating group) is 2. The molecule has 0 saturated carbocycles. The standard InChI is InChI=1S/C14H30N2O/c1-4-7-14(15-5-2)11-16(3)10-13-8-6-9-17-12-13/h13-15H,4-12H2,1-3H3. The van der Waals surface area contributed by atoms with E-state index in [1.54, 1.807) is 0 Å². The van der Waals surface area contributed by atoms with Gasteiger partial charge in [0.05, 0.1) is 6.61 Å². The van der Waals surface area contributed by atoms with Gasteiger partial charge in [0.25, 0.3) is 0 Å². The van der Waals surface area contributed by atoms with E-state index < -0.39 is 0 Å². The van der Waals surface area contributed by atoms with Gasteiger partial charge in [0.1, 0.15) is 0 Å². The minimum atomic E-state index is 0.652. The van der Waals surface area contributed by atoms with E-state index in [1.807, 2.05) is 0 Å². The number of nitrogens with one attached hydrogen (secondary N) is 1. The molecular formula is C14H30N2O. The van der Waals surface area contributed by atoms with Crippen molar-refractivity contribution < 1.29 is 4.74 Å². The van der Waals surface area contributed by atoms with Gasteiger partial charge in [-0.1, -0.05) is 20.3 Å². The molecule has 1 aliphatic heterocycles. The van der Waals surface area contributed by atoms with E-state index in [9.17, 15) is 0 Å². The molecule has 1 fully saturated rings. The van der Waals surface area contributed by atoms with Crippen LogP contribution in [0.15, 0.2) is 0 Å². The summed E-state index contributed by atoms with van der Waals surface area (Å²) in [5.41, 5.74) is 0. The lowest BCUT2D eigenvalue weighted by Crippen LogP contribution is -2.42. The smallest absolute Gasteiger partial charge is 0.0506 e. The summed E-state index contributed by atoms with van der Waals surface area (Å²) < 4.78 is 5.54. The third kappa shape index (κ3) is 6.39. The highest BCUT2D eigenvalue weighted by atomic mass is 16.5. The van der Waals surface area contributed by atoms with Crippen LogP contribution in [0.1, 0.15) is 39.5 Å². The largest absolute Gasteiger partial charge is 0.381 e. The molecule has 0 aliphatic carbocycles. The molecule has 1 heterocycles. The quantitative estimate of drug-likeness (QED) is 0.705. The van der Waals surface area contributed by atoms with E-state index in [4.69, 9.17) is 4.74 Å². The Hall–Kier alpha value is -0.120. The van der Waals surface area contributed by atoms with Crippen LogP contribution in [0.2, 0.25) is 0 Å². The van der Waals surface area contributed by atoms with Gasteiger partial charge in [-0.3, -0.25) is 0 Å². The van der Waals surface area contributed by atoms with Gasteiger partial charge in [0, 0.05) is 25.7 Å². The van der Waals surface area contributed by atoms with Crippen LogP contribution in [0.3, 0.4) is 0 Å². The zero-order chi connectivity index (χ0) is 12.5. The fourth-order valence-electron chi connectivity index (χ4n) is 2.74. The Morgan fingerprint density at radius 1 is 1.41 bits per heavy atom. The molecule has 0 spiro atoms. The van der Waals surface area contributed by atoms with Gasteiger partial charge in [-0.05, 0) is 38.8 Å². The van der Waals surface area contributed by atoms with Crippen molar-refractivity contribution in [2.75, 3.05) is 39.9 Å². The Balaban J connectivity index is 2.22. The van der Waals surface area contributed by atoms with E-state index in [-0.39, 0.29) is 0 Å². The van der Waals surface area contributed by atoms with Crippen LogP contribution in [0.5, 0.6) is 0 Å². The van der Waals surface area contributed by atoms with E-state index in [2.05, 4.69) is 31.1 Å². The van der Waals surface area contributed by atoms with Crippen LogP contribution in [0.25, 0.3) is 0 Å². The maximum absolute atomic E-state index is 5.54. The maximum atomic E-state index is 5.54. The van der Waals surface area contributed by atoms with E-state index >= 15 is 0 Å². The summed E-state index contributed by atoms with van der Waals surface area (Å²) in [5, 5.41) is 3.58. The molecule has 1 aliphatic rings. The van der Waals surface area contributed by atoms with E-state index in [0.29, 0.717) is 6.04 Å². The number of nitrogens with zero attached hydrogens (tertiary/aromatic N) is 1. The van der Waals surface area contributed by atoms with Gasteiger partial charge >= 0.3 is 0 Å². The minimum absolute atomic E-state index is 0.652. The zero-order valence-electron chi connectivity index (χ0n) is 11.9. The molecule has 2 atom stereocenters. The molecule has 1 rings (SSSR count). The van der Waals surface area contributed by atoms with Crippen molar-refractivity contribution in [3.8, 4) is 0 Å². The second kappa shape index (κ2) is 8.90. The van der Waals surface area contributed by atoms with Crippen molar-refractivity contribution in [2.45, 2.75) is 45.6 Å². The normalized spacial score (nSPS) is 22.9. The van der Waals surface area contributed by atoms with Gasteiger partial charge in [0.15, 0.2) is 0 Å². The molecule has 17 heavy (non-hydrogen) atoms. The summed E-state index contributed by atoms with van der Waals surface area (Å²) in [7, 11) is 2.24. The van der Waals surface area contributed by atoms with Crippen LogP contribution in [-0.2, 0) is 4.74 Å². The fourth-order valence-corrected chi connectivity index (χ4v) is 2.74. The van der Waals surface area contributed by atoms with Gasteiger partial charge in [-0.25, -0.2) is 0 Å². The predicted octanol–water partition coefficient (Wildman–Crippen LogP) is 2.12. The topological polar surface area (TPSA) is 24.5 Å². The molecule has 3 heteroatoms. The summed E-state index contributed by atoms with van der Waals surface area (Å²) in [6.07, 6.45) is 5.12. The Morgan fingerprint density at radius 3 is 2.82 bits per heavy atom. The molecule has 1 N–H and O–H groups in total. The summed E-state index contributed by atoms with van der Waals surface area (Å²) in [5.74, 6) is 0.748. The molecule has 0 aromatic heterocycles. The maximum Gasteiger partial charge on any atom is 0.0506 e. The Labute approximate surface area is 107 Å². The molecule has 0 aromatic carbocycles. The van der Waals surface area contributed by atoms with Crippen molar-refractivity contribution in [1.82, 2.24) is 10.2 Å². The third-order valence-corrected chi connectivity index (χ3v) is 3.49. The molecular weight excluding hydrogens is 212 g/mol. The predicted molar refractivity (Wildman–Crippen MR) is 73.4 cm³/mol. The van der Waals surface area contributed by atoms with Crippen LogP contribution in [-0.4, -0.2) is 50.8 Å². The van der Waals surface area contributed by atoms with Crippen molar-refractivity contribution in [2.24, 2.45) is 5.92 Å². The Kier molecular flexibility index (Phi) is 7.82. The number of rotatable bonds is 8. The first-order valence-corrected chi connectivity index (χ1v) is 7.25. The number of hydrogen-bond donors (Lipinski definition) is 1. The number of ether oxygens (including phenoxy) is 1. The Morgan fingerprint density at radius 2 is 2.24 bits per heavy atom. The molecule has 0 bridgehead atoms. The SMILES string of the molecule is CCCC(CN(C)CC1CCCOC1)NCC. The summed E-state index contributed by atoms with van der Waals surface area (Å²) in [4.78, 5) is 2.47.